The largest absolute Gasteiger partial charge is 0.306 e. The molecule has 1 heterocycles. The molecular formula is C11H23N3O. The van der Waals surface area contributed by atoms with Gasteiger partial charge in [0.25, 0.3) is 0 Å². The fourth-order valence-electron chi connectivity index (χ4n) is 2.19. The summed E-state index contributed by atoms with van der Waals surface area (Å²) in [6.45, 7) is 6.27. The monoisotopic (exact) mass is 213 g/mol. The van der Waals surface area contributed by atoms with Crippen molar-refractivity contribution in [2.24, 2.45) is 11.3 Å². The number of amides is 1. The molecule has 2 N–H and O–H groups in total. The van der Waals surface area contributed by atoms with Crippen LogP contribution in [0.2, 0.25) is 0 Å². The van der Waals surface area contributed by atoms with Gasteiger partial charge in [0.2, 0.25) is 5.91 Å². The maximum Gasteiger partial charge on any atom is 0.240 e. The van der Waals surface area contributed by atoms with Crippen LogP contribution in [0.15, 0.2) is 0 Å². The minimum Gasteiger partial charge on any atom is -0.306 e. The predicted molar refractivity (Wildman–Crippen MR) is 61.2 cm³/mol. The van der Waals surface area contributed by atoms with E-state index in [9.17, 15) is 4.79 Å². The molecule has 0 aliphatic carbocycles. The van der Waals surface area contributed by atoms with Gasteiger partial charge >= 0.3 is 0 Å². The average molecular weight is 213 g/mol. The smallest absolute Gasteiger partial charge is 0.240 e. The lowest BCUT2D eigenvalue weighted by molar-refractivity contribution is -0.134. The molecule has 0 radical (unpaired) electrons. The van der Waals surface area contributed by atoms with Crippen LogP contribution in [0.25, 0.3) is 0 Å². The molecule has 1 amide bonds. The van der Waals surface area contributed by atoms with Crippen LogP contribution in [0, 0.1) is 11.3 Å². The Morgan fingerprint density at radius 1 is 1.33 bits per heavy atom. The van der Waals surface area contributed by atoms with E-state index < -0.39 is 0 Å². The number of nitrogens with zero attached hydrogens (tertiary/aromatic N) is 1. The molecule has 1 fully saturated rings. The fourth-order valence-corrected chi connectivity index (χ4v) is 2.19. The molecule has 1 rings (SSSR count). The highest BCUT2D eigenvalue weighted by molar-refractivity contribution is 5.81. The summed E-state index contributed by atoms with van der Waals surface area (Å²) in [4.78, 5) is 14.2. The molecule has 15 heavy (non-hydrogen) atoms. The lowest BCUT2D eigenvalue weighted by Gasteiger charge is -2.38. The van der Waals surface area contributed by atoms with E-state index in [-0.39, 0.29) is 11.3 Å². The average Bonchev–Trinajstić information content (AvgIpc) is 2.18. The summed E-state index contributed by atoms with van der Waals surface area (Å²) in [6.07, 6.45) is 2.22. The third-order valence-corrected chi connectivity index (χ3v) is 3.56. The molecular weight excluding hydrogens is 190 g/mol. The highest BCUT2D eigenvalue weighted by Crippen LogP contribution is 2.34. The Bertz CT molecular complexity index is 220. The van der Waals surface area contributed by atoms with Gasteiger partial charge in [-0.15, -0.1) is 0 Å². The Morgan fingerprint density at radius 2 is 1.87 bits per heavy atom. The van der Waals surface area contributed by atoms with Gasteiger partial charge in [-0.05, 0) is 38.9 Å². The lowest BCUT2D eigenvalue weighted by Crippen LogP contribution is -2.48. The SMILES string of the molecule is CNNC(=O)C(C)(C)C1CCN(C)CC1. The number of nitrogens with one attached hydrogen (secondary N) is 2. The number of likely N-dealkylation sites (tertiary alicyclic amines) is 1. The molecule has 0 bridgehead atoms. The molecule has 1 aliphatic rings. The van der Waals surface area contributed by atoms with Crippen LogP contribution < -0.4 is 10.9 Å². The van der Waals surface area contributed by atoms with Crippen molar-refractivity contribution < 1.29 is 4.79 Å². The standard InChI is InChI=1S/C11H23N3O/c1-11(2,10(15)13-12-3)9-5-7-14(4)8-6-9/h9,12H,5-8H2,1-4H3,(H,13,15). The Labute approximate surface area is 92.4 Å². The van der Waals surface area contributed by atoms with E-state index in [1.165, 1.54) is 0 Å². The molecule has 0 spiro atoms. The van der Waals surface area contributed by atoms with Crippen LogP contribution in [-0.2, 0) is 4.79 Å². The number of hydrogen-bond donors (Lipinski definition) is 2. The topological polar surface area (TPSA) is 44.4 Å². The van der Waals surface area contributed by atoms with Crippen LogP contribution in [0.3, 0.4) is 0 Å². The second kappa shape index (κ2) is 4.94. The number of rotatable bonds is 3. The van der Waals surface area contributed by atoms with Crippen molar-refractivity contribution in [1.82, 2.24) is 15.8 Å². The van der Waals surface area contributed by atoms with Gasteiger partial charge in [0.1, 0.15) is 0 Å². The summed E-state index contributed by atoms with van der Waals surface area (Å²) in [6, 6.07) is 0. The number of carbonyl (C=O) groups is 1. The zero-order valence-corrected chi connectivity index (χ0v) is 10.3. The molecule has 0 aromatic rings. The summed E-state index contributed by atoms with van der Waals surface area (Å²) in [5.74, 6) is 0.585. The molecule has 0 saturated carbocycles. The first-order valence-corrected chi connectivity index (χ1v) is 5.64. The molecule has 1 aliphatic heterocycles. The maximum atomic E-state index is 11.9. The van der Waals surface area contributed by atoms with Gasteiger partial charge < -0.3 is 4.90 Å². The minimum atomic E-state index is -0.274. The molecule has 1 saturated heterocycles. The van der Waals surface area contributed by atoms with E-state index in [4.69, 9.17) is 0 Å². The van der Waals surface area contributed by atoms with Crippen molar-refractivity contribution >= 4 is 5.91 Å². The van der Waals surface area contributed by atoms with Crippen LogP contribution in [-0.4, -0.2) is 38.0 Å². The van der Waals surface area contributed by atoms with Gasteiger partial charge in [0, 0.05) is 12.5 Å². The van der Waals surface area contributed by atoms with Gasteiger partial charge in [0.15, 0.2) is 0 Å². The molecule has 0 atom stereocenters. The maximum absolute atomic E-state index is 11.9. The minimum absolute atomic E-state index is 0.0968. The van der Waals surface area contributed by atoms with E-state index in [1.807, 2.05) is 13.8 Å². The number of piperidine rings is 1. The summed E-state index contributed by atoms with van der Waals surface area (Å²) >= 11 is 0. The van der Waals surface area contributed by atoms with Crippen LogP contribution >= 0.6 is 0 Å². The van der Waals surface area contributed by atoms with Crippen molar-refractivity contribution in [3.05, 3.63) is 0 Å². The zero-order chi connectivity index (χ0) is 11.5. The van der Waals surface area contributed by atoms with Crippen molar-refractivity contribution in [2.75, 3.05) is 27.2 Å². The van der Waals surface area contributed by atoms with Gasteiger partial charge in [-0.3, -0.25) is 10.2 Å². The third-order valence-electron chi connectivity index (χ3n) is 3.56. The normalized spacial score (nSPS) is 20.3. The zero-order valence-electron chi connectivity index (χ0n) is 10.3. The van der Waals surface area contributed by atoms with E-state index >= 15 is 0 Å². The molecule has 0 unspecified atom stereocenters. The first kappa shape index (κ1) is 12.5. The third kappa shape index (κ3) is 2.92. The lowest BCUT2D eigenvalue weighted by atomic mass is 9.73. The van der Waals surface area contributed by atoms with Gasteiger partial charge in [-0.25, -0.2) is 5.43 Å². The van der Waals surface area contributed by atoms with Crippen molar-refractivity contribution in [3.63, 3.8) is 0 Å². The fraction of sp³-hybridized carbons (Fsp3) is 0.909. The Hall–Kier alpha value is -0.610. The van der Waals surface area contributed by atoms with E-state index in [0.717, 1.165) is 25.9 Å². The molecule has 4 heteroatoms. The number of carbonyl (C=O) groups excluding carboxylic acids is 1. The Morgan fingerprint density at radius 3 is 2.33 bits per heavy atom. The van der Waals surface area contributed by atoms with Crippen LogP contribution in [0.1, 0.15) is 26.7 Å². The molecule has 88 valence electrons. The van der Waals surface area contributed by atoms with E-state index in [2.05, 4.69) is 22.8 Å². The van der Waals surface area contributed by atoms with Gasteiger partial charge in [-0.1, -0.05) is 13.8 Å². The number of hydrazine groups is 1. The van der Waals surface area contributed by atoms with Crippen LogP contribution in [0.4, 0.5) is 0 Å². The first-order chi connectivity index (χ1) is 6.98. The van der Waals surface area contributed by atoms with E-state index in [1.54, 1.807) is 7.05 Å². The van der Waals surface area contributed by atoms with Crippen molar-refractivity contribution in [2.45, 2.75) is 26.7 Å². The second-order valence-electron chi connectivity index (χ2n) is 5.00. The first-order valence-electron chi connectivity index (χ1n) is 5.64. The second-order valence-corrected chi connectivity index (χ2v) is 5.00. The summed E-state index contributed by atoms with van der Waals surface area (Å²) in [7, 11) is 3.86. The number of hydrogen-bond acceptors (Lipinski definition) is 3. The Balaban J connectivity index is 2.56. The van der Waals surface area contributed by atoms with Crippen molar-refractivity contribution in [3.8, 4) is 0 Å². The molecule has 0 aromatic heterocycles. The Kier molecular flexibility index (Phi) is 4.11. The van der Waals surface area contributed by atoms with Crippen LogP contribution in [0.5, 0.6) is 0 Å². The summed E-state index contributed by atoms with van der Waals surface area (Å²) in [5, 5.41) is 0. The summed E-state index contributed by atoms with van der Waals surface area (Å²) in [5.41, 5.74) is 5.13. The van der Waals surface area contributed by atoms with E-state index in [0.29, 0.717) is 5.92 Å². The van der Waals surface area contributed by atoms with Gasteiger partial charge in [-0.2, -0.15) is 0 Å². The molecule has 4 nitrogen and oxygen atoms in total. The van der Waals surface area contributed by atoms with Gasteiger partial charge in [0.05, 0.1) is 0 Å². The van der Waals surface area contributed by atoms with Crippen molar-refractivity contribution in [1.29, 1.82) is 0 Å². The quantitative estimate of drug-likeness (QED) is 0.675. The summed E-state index contributed by atoms with van der Waals surface area (Å²) < 4.78 is 0. The molecule has 0 aromatic carbocycles. The predicted octanol–water partition coefficient (Wildman–Crippen LogP) is 0.605. The highest BCUT2D eigenvalue weighted by atomic mass is 16.2. The highest BCUT2D eigenvalue weighted by Gasteiger charge is 2.37.